The Morgan fingerprint density at radius 3 is 2.72 bits per heavy atom. The summed E-state index contributed by atoms with van der Waals surface area (Å²) in [7, 11) is 0. The largest absolute Gasteiger partial charge is 0.379 e. The van der Waals surface area contributed by atoms with Crippen LogP contribution in [-0.2, 0) is 16.0 Å². The molecular weight excluding hydrogens is 398 g/mol. The Morgan fingerprint density at radius 1 is 1.38 bits per heavy atom. The summed E-state index contributed by atoms with van der Waals surface area (Å²) >= 11 is 6.16. The van der Waals surface area contributed by atoms with Crippen LogP contribution in [-0.4, -0.2) is 55.3 Å². The van der Waals surface area contributed by atoms with E-state index in [9.17, 15) is 14.7 Å². The maximum absolute atomic E-state index is 13.1. The van der Waals surface area contributed by atoms with Crippen LogP contribution in [0.25, 0.3) is 5.69 Å². The summed E-state index contributed by atoms with van der Waals surface area (Å²) in [5.41, 5.74) is 3.98. The van der Waals surface area contributed by atoms with E-state index < -0.39 is 28.9 Å². The number of carbonyl (C=O) groups excluding carboxylic acids is 2. The molecule has 0 unspecified atom stereocenters. The molecule has 0 radical (unpaired) electrons. The second-order valence-corrected chi connectivity index (χ2v) is 8.48. The van der Waals surface area contributed by atoms with Gasteiger partial charge in [-0.2, -0.15) is 0 Å². The topological polar surface area (TPSA) is 134 Å². The van der Waals surface area contributed by atoms with Gasteiger partial charge in [0.2, 0.25) is 5.91 Å². The minimum absolute atomic E-state index is 0.0955. The molecule has 156 valence electrons. The first-order valence-electron chi connectivity index (χ1n) is 9.20. The van der Waals surface area contributed by atoms with Crippen molar-refractivity contribution in [2.24, 2.45) is 5.41 Å². The second-order valence-electron chi connectivity index (χ2n) is 8.05. The molecule has 11 heteroatoms. The van der Waals surface area contributed by atoms with Gasteiger partial charge in [-0.05, 0) is 40.6 Å². The maximum Gasteiger partial charge on any atom is 0.259 e. The highest BCUT2D eigenvalue weighted by atomic mass is 35.5. The number of nitrogens with zero attached hydrogens (tertiary/aromatic N) is 4. The van der Waals surface area contributed by atoms with E-state index in [0.29, 0.717) is 29.2 Å². The van der Waals surface area contributed by atoms with Gasteiger partial charge in [0.15, 0.2) is 5.60 Å². The minimum Gasteiger partial charge on any atom is -0.379 e. The number of imide groups is 1. The van der Waals surface area contributed by atoms with Crippen molar-refractivity contribution in [3.63, 3.8) is 0 Å². The number of aromatic nitrogens is 4. The van der Waals surface area contributed by atoms with Crippen molar-refractivity contribution in [3.8, 4) is 5.69 Å². The van der Waals surface area contributed by atoms with Gasteiger partial charge in [0, 0.05) is 23.4 Å². The molecule has 0 spiro atoms. The summed E-state index contributed by atoms with van der Waals surface area (Å²) in [4.78, 5) is 25.4. The Hall–Kier alpha value is -2.40. The lowest BCUT2D eigenvalue weighted by molar-refractivity contribution is -0.155. The molecule has 1 aliphatic rings. The summed E-state index contributed by atoms with van der Waals surface area (Å²) < 4.78 is 1.42. The number of hydrazine groups is 1. The molecule has 4 N–H and O–H groups in total. The first-order valence-corrected chi connectivity index (χ1v) is 9.57. The van der Waals surface area contributed by atoms with E-state index >= 15 is 0 Å². The number of rotatable bonds is 5. The van der Waals surface area contributed by atoms with Crippen molar-refractivity contribution in [3.05, 3.63) is 35.1 Å². The van der Waals surface area contributed by atoms with Crippen LogP contribution in [0.4, 0.5) is 0 Å². The standard InChI is InChI=1S/C18H24ClN7O3/c1-17(2,3)18(29,16(28)22-15(27)13-6-7-20-23-13)9-11-8-12(19)4-5-14(11)26-10-21-24-25-26/h4-5,8,10,13,20,23,29H,6-7,9H2,1-3H3,(H,22,27,28)/t13-,18-/m0/s1. The number of benzene rings is 1. The minimum atomic E-state index is -1.90. The van der Waals surface area contributed by atoms with Gasteiger partial charge in [0.25, 0.3) is 5.91 Å². The molecule has 1 aromatic heterocycles. The summed E-state index contributed by atoms with van der Waals surface area (Å²) in [5.74, 6) is -1.26. The van der Waals surface area contributed by atoms with Gasteiger partial charge < -0.3 is 5.11 Å². The fourth-order valence-electron chi connectivity index (χ4n) is 3.14. The predicted octanol–water partition coefficient (Wildman–Crippen LogP) is 0.145. The first kappa shape index (κ1) is 21.3. The van der Waals surface area contributed by atoms with Crippen molar-refractivity contribution in [1.82, 2.24) is 36.4 Å². The van der Waals surface area contributed by atoms with Crippen molar-refractivity contribution in [2.45, 2.75) is 45.3 Å². The summed E-state index contributed by atoms with van der Waals surface area (Å²) in [6, 6.07) is 4.48. The van der Waals surface area contributed by atoms with Crippen molar-refractivity contribution >= 4 is 23.4 Å². The Balaban J connectivity index is 1.92. The molecule has 0 saturated carbocycles. The van der Waals surface area contributed by atoms with E-state index in [-0.39, 0.29) is 6.42 Å². The lowest BCUT2D eigenvalue weighted by atomic mass is 9.72. The van der Waals surface area contributed by atoms with Crippen molar-refractivity contribution in [2.75, 3.05) is 6.54 Å². The van der Waals surface area contributed by atoms with E-state index in [1.165, 1.54) is 11.0 Å². The molecule has 2 amide bonds. The smallest absolute Gasteiger partial charge is 0.259 e. The second kappa shape index (κ2) is 8.15. The molecule has 3 rings (SSSR count). The predicted molar refractivity (Wildman–Crippen MR) is 105 cm³/mol. The molecule has 29 heavy (non-hydrogen) atoms. The van der Waals surface area contributed by atoms with Crippen LogP contribution in [0.2, 0.25) is 5.02 Å². The lowest BCUT2D eigenvalue weighted by Gasteiger charge is -2.39. The molecule has 2 heterocycles. The van der Waals surface area contributed by atoms with Crippen molar-refractivity contribution in [1.29, 1.82) is 0 Å². The third kappa shape index (κ3) is 4.45. The average molecular weight is 422 g/mol. The lowest BCUT2D eigenvalue weighted by Crippen LogP contribution is -2.59. The Kier molecular flexibility index (Phi) is 5.99. The van der Waals surface area contributed by atoms with Gasteiger partial charge in [0.05, 0.1) is 5.69 Å². The summed E-state index contributed by atoms with van der Waals surface area (Å²) in [6.07, 6.45) is 1.86. The number of hydrogen-bond acceptors (Lipinski definition) is 8. The van der Waals surface area contributed by atoms with E-state index in [2.05, 4.69) is 31.7 Å². The molecule has 10 nitrogen and oxygen atoms in total. The van der Waals surface area contributed by atoms with Crippen LogP contribution < -0.4 is 16.2 Å². The maximum atomic E-state index is 13.1. The van der Waals surface area contributed by atoms with E-state index in [1.54, 1.807) is 39.0 Å². The SMILES string of the molecule is CC(C)(C)[C@](O)(Cc1cc(Cl)ccc1-n1cnnn1)C(=O)NC(=O)[C@@H]1CCNN1. The van der Waals surface area contributed by atoms with E-state index in [0.717, 1.165) is 0 Å². The van der Waals surface area contributed by atoms with Gasteiger partial charge in [-0.1, -0.05) is 32.4 Å². The highest BCUT2D eigenvalue weighted by molar-refractivity contribution is 6.30. The van der Waals surface area contributed by atoms with Crippen LogP contribution in [0.5, 0.6) is 0 Å². The number of aliphatic hydroxyl groups is 1. The molecule has 2 aromatic rings. The quantitative estimate of drug-likeness (QED) is 0.535. The Morgan fingerprint density at radius 2 is 2.14 bits per heavy atom. The van der Waals surface area contributed by atoms with Crippen LogP contribution >= 0.6 is 11.6 Å². The zero-order valence-electron chi connectivity index (χ0n) is 16.4. The number of halogens is 1. The van der Waals surface area contributed by atoms with Crippen LogP contribution in [0.3, 0.4) is 0 Å². The molecule has 0 bridgehead atoms. The number of carbonyl (C=O) groups is 2. The van der Waals surface area contributed by atoms with E-state index in [1.807, 2.05) is 0 Å². The highest BCUT2D eigenvalue weighted by Gasteiger charge is 2.48. The number of hydrogen-bond donors (Lipinski definition) is 4. The normalized spacial score (nSPS) is 19.0. The third-order valence-electron chi connectivity index (χ3n) is 5.09. The van der Waals surface area contributed by atoms with Crippen LogP contribution in [0.1, 0.15) is 32.8 Å². The third-order valence-corrected chi connectivity index (χ3v) is 5.32. The summed E-state index contributed by atoms with van der Waals surface area (Å²) in [6.45, 7) is 5.81. The van der Waals surface area contributed by atoms with E-state index in [4.69, 9.17) is 11.6 Å². The van der Waals surface area contributed by atoms with Gasteiger partial charge in [0.1, 0.15) is 12.4 Å². The molecule has 1 saturated heterocycles. The van der Waals surface area contributed by atoms with Crippen LogP contribution in [0, 0.1) is 5.41 Å². The fraction of sp³-hybridized carbons (Fsp3) is 0.500. The number of tetrazole rings is 1. The van der Waals surface area contributed by atoms with Gasteiger partial charge in [-0.15, -0.1) is 5.10 Å². The molecular formula is C18H24ClN7O3. The fourth-order valence-corrected chi connectivity index (χ4v) is 3.33. The average Bonchev–Trinajstić information content (AvgIpc) is 3.34. The Labute approximate surface area is 173 Å². The number of amides is 2. The molecule has 2 atom stereocenters. The highest BCUT2D eigenvalue weighted by Crippen LogP contribution is 2.35. The summed E-state index contributed by atoms with van der Waals surface area (Å²) in [5, 5.41) is 25.4. The van der Waals surface area contributed by atoms with Gasteiger partial charge in [-0.3, -0.25) is 20.3 Å². The number of nitrogens with one attached hydrogen (secondary N) is 3. The zero-order valence-corrected chi connectivity index (χ0v) is 17.2. The van der Waals surface area contributed by atoms with Crippen molar-refractivity contribution < 1.29 is 14.7 Å². The molecule has 1 aliphatic heterocycles. The Bertz CT molecular complexity index is 891. The molecule has 0 aliphatic carbocycles. The van der Waals surface area contributed by atoms with Gasteiger partial charge >= 0.3 is 0 Å². The van der Waals surface area contributed by atoms with Gasteiger partial charge in [-0.25, -0.2) is 10.1 Å². The molecule has 1 fully saturated rings. The first-order chi connectivity index (χ1) is 13.6. The molecule has 1 aromatic carbocycles. The van der Waals surface area contributed by atoms with Crippen LogP contribution in [0.15, 0.2) is 24.5 Å². The monoisotopic (exact) mass is 421 g/mol. The zero-order chi connectivity index (χ0) is 21.2.